The Kier molecular flexibility index (Phi) is 6.43. The van der Waals surface area contributed by atoms with Crippen LogP contribution in [0.15, 0.2) is 47.0 Å². The first-order valence-corrected chi connectivity index (χ1v) is 8.21. The molecule has 1 aromatic carbocycles. The molecule has 0 fully saturated rings. The molecular formula is C18H23ClN2O3. The van der Waals surface area contributed by atoms with Crippen LogP contribution in [0, 0.1) is 0 Å². The maximum absolute atomic E-state index is 11.5. The van der Waals surface area contributed by atoms with Crippen LogP contribution in [0.25, 0.3) is 0 Å². The molecule has 1 aliphatic heterocycles. The fraction of sp³-hybridized carbons (Fsp3) is 0.389. The van der Waals surface area contributed by atoms with Gasteiger partial charge in [-0.05, 0) is 31.1 Å². The first-order chi connectivity index (χ1) is 11.5. The van der Waals surface area contributed by atoms with E-state index in [0.717, 1.165) is 22.5 Å². The van der Waals surface area contributed by atoms with Gasteiger partial charge in [0, 0.05) is 24.2 Å². The number of carbonyl (C=O) groups excluding carboxylic acids is 1. The fourth-order valence-electron chi connectivity index (χ4n) is 2.76. The van der Waals surface area contributed by atoms with E-state index in [-0.39, 0.29) is 11.9 Å². The molecule has 1 aliphatic rings. The molecule has 0 saturated heterocycles. The highest BCUT2D eigenvalue weighted by molar-refractivity contribution is 6.31. The second-order valence-electron chi connectivity index (χ2n) is 5.67. The van der Waals surface area contributed by atoms with Crippen molar-refractivity contribution in [3.63, 3.8) is 0 Å². The van der Waals surface area contributed by atoms with E-state index in [4.69, 9.17) is 26.8 Å². The highest BCUT2D eigenvalue weighted by Gasteiger charge is 2.31. The fourth-order valence-corrected chi connectivity index (χ4v) is 3.00. The van der Waals surface area contributed by atoms with Gasteiger partial charge in [0.05, 0.1) is 24.8 Å². The summed E-state index contributed by atoms with van der Waals surface area (Å²) in [7, 11) is 0. The second-order valence-corrected chi connectivity index (χ2v) is 6.07. The molecule has 130 valence electrons. The van der Waals surface area contributed by atoms with Crippen molar-refractivity contribution in [3.8, 4) is 0 Å². The highest BCUT2D eigenvalue weighted by atomic mass is 35.5. The number of ether oxygens (including phenoxy) is 2. The number of nitrogens with two attached hydrogens (primary N) is 1. The van der Waals surface area contributed by atoms with Gasteiger partial charge in [-0.15, -0.1) is 0 Å². The van der Waals surface area contributed by atoms with Crippen molar-refractivity contribution in [2.24, 2.45) is 5.73 Å². The van der Waals surface area contributed by atoms with Gasteiger partial charge < -0.3 is 20.5 Å². The number of rotatable bonds is 6. The topological polar surface area (TPSA) is 73.6 Å². The molecule has 1 unspecified atom stereocenters. The summed E-state index contributed by atoms with van der Waals surface area (Å²) < 4.78 is 11.1. The molecule has 5 nitrogen and oxygen atoms in total. The molecule has 0 saturated carbocycles. The Hall–Kier alpha value is -1.82. The third kappa shape index (κ3) is 4.17. The standard InChI is InChI=1S/C18H23ClN2O3/c1-11-16(10-23-9-8-20)21-12(2)18(24-13(3)22)17(11)14-6-4-5-7-15(14)19/h4-7,17,21H,8-10,20H2,1-3H3. The van der Waals surface area contributed by atoms with Crippen molar-refractivity contribution >= 4 is 17.6 Å². The number of nitrogens with one attached hydrogen (secondary N) is 1. The average Bonchev–Trinajstić information content (AvgIpc) is 2.53. The average molecular weight is 351 g/mol. The van der Waals surface area contributed by atoms with Crippen LogP contribution < -0.4 is 11.1 Å². The van der Waals surface area contributed by atoms with E-state index in [1.165, 1.54) is 6.92 Å². The van der Waals surface area contributed by atoms with E-state index >= 15 is 0 Å². The van der Waals surface area contributed by atoms with Gasteiger partial charge in [-0.2, -0.15) is 0 Å². The largest absolute Gasteiger partial charge is 0.428 e. The molecule has 0 radical (unpaired) electrons. The second kappa shape index (κ2) is 8.33. The number of halogens is 1. The Morgan fingerprint density at radius 2 is 2.04 bits per heavy atom. The van der Waals surface area contributed by atoms with E-state index in [1.807, 2.05) is 38.1 Å². The Balaban J connectivity index is 2.45. The SMILES string of the molecule is CC(=O)OC1=C(C)NC(COCCN)=C(C)C1c1ccccc1Cl. The van der Waals surface area contributed by atoms with Crippen LogP contribution in [-0.4, -0.2) is 25.7 Å². The molecule has 24 heavy (non-hydrogen) atoms. The zero-order chi connectivity index (χ0) is 17.7. The number of esters is 1. The van der Waals surface area contributed by atoms with Crippen LogP contribution in [0.2, 0.25) is 5.02 Å². The zero-order valence-corrected chi connectivity index (χ0v) is 14.9. The van der Waals surface area contributed by atoms with Crippen molar-refractivity contribution in [1.82, 2.24) is 5.32 Å². The van der Waals surface area contributed by atoms with Crippen LogP contribution in [0.5, 0.6) is 0 Å². The van der Waals surface area contributed by atoms with E-state index in [0.29, 0.717) is 30.5 Å². The number of allylic oxidation sites excluding steroid dienone is 2. The van der Waals surface area contributed by atoms with Crippen LogP contribution in [0.4, 0.5) is 0 Å². The Morgan fingerprint density at radius 1 is 1.33 bits per heavy atom. The molecule has 0 bridgehead atoms. The van der Waals surface area contributed by atoms with Gasteiger partial charge in [-0.3, -0.25) is 4.79 Å². The minimum absolute atomic E-state index is 0.236. The lowest BCUT2D eigenvalue weighted by molar-refractivity contribution is -0.137. The molecule has 1 aromatic rings. The molecule has 6 heteroatoms. The van der Waals surface area contributed by atoms with E-state index in [9.17, 15) is 4.79 Å². The molecule has 1 atom stereocenters. The maximum atomic E-state index is 11.5. The number of hydrogen-bond donors (Lipinski definition) is 2. The predicted molar refractivity (Wildman–Crippen MR) is 94.4 cm³/mol. The third-order valence-electron chi connectivity index (χ3n) is 3.86. The van der Waals surface area contributed by atoms with Gasteiger partial charge >= 0.3 is 5.97 Å². The molecule has 2 rings (SSSR count). The summed E-state index contributed by atoms with van der Waals surface area (Å²) in [5.74, 6) is -0.0326. The number of carbonyl (C=O) groups is 1. The lowest BCUT2D eigenvalue weighted by Gasteiger charge is -2.31. The minimum atomic E-state index is -0.362. The van der Waals surface area contributed by atoms with Gasteiger partial charge in [-0.25, -0.2) is 0 Å². The van der Waals surface area contributed by atoms with Crippen LogP contribution in [0.1, 0.15) is 32.3 Å². The van der Waals surface area contributed by atoms with Crippen molar-refractivity contribution in [3.05, 3.63) is 57.6 Å². The molecule has 0 spiro atoms. The first kappa shape index (κ1) is 18.5. The smallest absolute Gasteiger partial charge is 0.307 e. The third-order valence-corrected chi connectivity index (χ3v) is 4.20. The normalized spacial score (nSPS) is 17.8. The minimum Gasteiger partial charge on any atom is -0.428 e. The number of dihydropyridines is 1. The van der Waals surface area contributed by atoms with Gasteiger partial charge in [-0.1, -0.05) is 29.8 Å². The molecule has 0 aliphatic carbocycles. The molecule has 1 heterocycles. The summed E-state index contributed by atoms with van der Waals surface area (Å²) in [5, 5.41) is 3.90. The van der Waals surface area contributed by atoms with Crippen LogP contribution >= 0.6 is 11.6 Å². The number of benzene rings is 1. The van der Waals surface area contributed by atoms with Crippen molar-refractivity contribution < 1.29 is 14.3 Å². The summed E-state index contributed by atoms with van der Waals surface area (Å²) in [4.78, 5) is 11.5. The first-order valence-electron chi connectivity index (χ1n) is 7.83. The van der Waals surface area contributed by atoms with Crippen molar-refractivity contribution in [2.45, 2.75) is 26.7 Å². The van der Waals surface area contributed by atoms with Crippen LogP contribution in [0.3, 0.4) is 0 Å². The Labute approximate surface area is 147 Å². The lowest BCUT2D eigenvalue weighted by atomic mass is 9.86. The van der Waals surface area contributed by atoms with E-state index < -0.39 is 0 Å². The highest BCUT2D eigenvalue weighted by Crippen LogP contribution is 2.40. The Morgan fingerprint density at radius 3 is 2.67 bits per heavy atom. The maximum Gasteiger partial charge on any atom is 0.307 e. The summed E-state index contributed by atoms with van der Waals surface area (Å²) in [6, 6.07) is 7.57. The summed E-state index contributed by atoms with van der Waals surface area (Å²) >= 11 is 6.39. The van der Waals surface area contributed by atoms with Gasteiger partial charge in [0.1, 0.15) is 5.76 Å². The molecular weight excluding hydrogens is 328 g/mol. The summed E-state index contributed by atoms with van der Waals surface area (Å²) in [6.07, 6.45) is 0. The van der Waals surface area contributed by atoms with Gasteiger partial charge in [0.25, 0.3) is 0 Å². The monoisotopic (exact) mass is 350 g/mol. The summed E-state index contributed by atoms with van der Waals surface area (Å²) in [6.45, 7) is 6.61. The Bertz CT molecular complexity index is 683. The molecule has 0 aromatic heterocycles. The quantitative estimate of drug-likeness (QED) is 0.609. The van der Waals surface area contributed by atoms with Crippen molar-refractivity contribution in [2.75, 3.05) is 19.8 Å². The lowest BCUT2D eigenvalue weighted by Crippen LogP contribution is -2.29. The molecule has 3 N–H and O–H groups in total. The summed E-state index contributed by atoms with van der Waals surface area (Å²) in [5.41, 5.74) is 9.07. The van der Waals surface area contributed by atoms with Crippen molar-refractivity contribution in [1.29, 1.82) is 0 Å². The number of hydrogen-bond acceptors (Lipinski definition) is 5. The van der Waals surface area contributed by atoms with Crippen LogP contribution in [-0.2, 0) is 14.3 Å². The van der Waals surface area contributed by atoms with Gasteiger partial charge in [0.2, 0.25) is 0 Å². The van der Waals surface area contributed by atoms with E-state index in [1.54, 1.807) is 0 Å². The van der Waals surface area contributed by atoms with Gasteiger partial charge in [0.15, 0.2) is 0 Å². The van der Waals surface area contributed by atoms with E-state index in [2.05, 4.69) is 5.32 Å². The molecule has 0 amide bonds. The zero-order valence-electron chi connectivity index (χ0n) is 14.2. The predicted octanol–water partition coefficient (Wildman–Crippen LogP) is 3.07.